The molecule has 1 amide bonds. The van der Waals surface area contributed by atoms with E-state index in [1.165, 1.54) is 31.5 Å². The van der Waals surface area contributed by atoms with Gasteiger partial charge < -0.3 is 19.8 Å². The smallest absolute Gasteiger partial charge is 0.416 e. The van der Waals surface area contributed by atoms with Crippen LogP contribution in [0.5, 0.6) is 17.2 Å². The van der Waals surface area contributed by atoms with Gasteiger partial charge in [0.2, 0.25) is 11.3 Å². The molecule has 10 heteroatoms. The molecule has 0 saturated heterocycles. The predicted octanol–water partition coefficient (Wildman–Crippen LogP) is 4.59. The molecule has 0 spiro atoms. The third-order valence-electron chi connectivity index (χ3n) is 3.95. The summed E-state index contributed by atoms with van der Waals surface area (Å²) in [6.45, 7) is 0. The van der Waals surface area contributed by atoms with Crippen molar-refractivity contribution in [2.24, 2.45) is 0 Å². The lowest BCUT2D eigenvalue weighted by molar-refractivity contribution is -0.137. The maximum Gasteiger partial charge on any atom is 0.416 e. The number of aromatic amines is 1. The summed E-state index contributed by atoms with van der Waals surface area (Å²) < 4.78 is 64.1. The molecule has 0 aliphatic rings. The highest BCUT2D eigenvalue weighted by atomic mass is 19.4. The van der Waals surface area contributed by atoms with Crippen molar-refractivity contribution in [1.29, 1.82) is 0 Å². The highest BCUT2D eigenvalue weighted by Gasteiger charge is 2.32. The van der Waals surface area contributed by atoms with Crippen LogP contribution in [0.1, 0.15) is 15.9 Å². The zero-order chi connectivity index (χ0) is 21.9. The number of anilines is 1. The first-order valence-corrected chi connectivity index (χ1v) is 8.40. The maximum absolute atomic E-state index is 14.2. The molecule has 2 aromatic carbocycles. The lowest BCUT2D eigenvalue weighted by atomic mass is 10.1. The number of aromatic nitrogens is 1. The Hall–Kier alpha value is -3.82. The van der Waals surface area contributed by atoms with Gasteiger partial charge >= 0.3 is 6.18 Å². The number of ether oxygens (including phenoxy) is 2. The van der Waals surface area contributed by atoms with Gasteiger partial charge in [-0.1, -0.05) is 6.07 Å². The van der Waals surface area contributed by atoms with Gasteiger partial charge in [0.15, 0.2) is 11.6 Å². The molecule has 1 heterocycles. The first-order chi connectivity index (χ1) is 14.2. The van der Waals surface area contributed by atoms with Crippen molar-refractivity contribution in [3.63, 3.8) is 0 Å². The van der Waals surface area contributed by atoms with Crippen molar-refractivity contribution in [3.8, 4) is 17.2 Å². The largest absolute Gasteiger partial charge is 0.493 e. The predicted molar refractivity (Wildman–Crippen MR) is 99.5 cm³/mol. The van der Waals surface area contributed by atoms with Gasteiger partial charge in [0.25, 0.3) is 5.91 Å². The van der Waals surface area contributed by atoms with E-state index in [1.807, 2.05) is 0 Å². The number of alkyl halides is 3. The van der Waals surface area contributed by atoms with Crippen LogP contribution in [-0.4, -0.2) is 18.0 Å². The van der Waals surface area contributed by atoms with Crippen LogP contribution >= 0.6 is 0 Å². The number of rotatable bonds is 5. The number of para-hydroxylation sites is 1. The van der Waals surface area contributed by atoms with Crippen LogP contribution < -0.4 is 20.3 Å². The van der Waals surface area contributed by atoms with Gasteiger partial charge in [0, 0.05) is 18.0 Å². The van der Waals surface area contributed by atoms with E-state index in [1.54, 1.807) is 0 Å². The third-order valence-corrected chi connectivity index (χ3v) is 3.95. The summed E-state index contributed by atoms with van der Waals surface area (Å²) in [5, 5.41) is 2.32. The number of H-pyrrole nitrogens is 1. The standard InChI is InChI=1S/C20H14F4N2O4/c1-29-16-4-2-3-14(21)18(16)30-15-6-5-11(20(22,23)24)9-13(15)19(28)26-12-7-8-25-17(27)10-12/h2-10H,1H3,(H2,25,26,27,28). The Bertz CT molecular complexity index is 1140. The summed E-state index contributed by atoms with van der Waals surface area (Å²) in [7, 11) is 1.26. The molecule has 2 N–H and O–H groups in total. The molecule has 3 aromatic rings. The van der Waals surface area contributed by atoms with E-state index in [4.69, 9.17) is 9.47 Å². The Morgan fingerprint density at radius 3 is 2.50 bits per heavy atom. The van der Waals surface area contributed by atoms with Crippen molar-refractivity contribution in [2.45, 2.75) is 6.18 Å². The molecule has 30 heavy (non-hydrogen) atoms. The Kier molecular flexibility index (Phi) is 5.77. The SMILES string of the molecule is COc1cccc(F)c1Oc1ccc(C(F)(F)F)cc1C(=O)Nc1cc[nH]c(=O)c1. The lowest BCUT2D eigenvalue weighted by Gasteiger charge is -2.16. The summed E-state index contributed by atoms with van der Waals surface area (Å²) in [5.74, 6) is -2.58. The highest BCUT2D eigenvalue weighted by molar-refractivity contribution is 6.06. The topological polar surface area (TPSA) is 80.4 Å². The Morgan fingerprint density at radius 2 is 1.83 bits per heavy atom. The zero-order valence-corrected chi connectivity index (χ0v) is 15.3. The zero-order valence-electron chi connectivity index (χ0n) is 15.3. The Morgan fingerprint density at radius 1 is 1.07 bits per heavy atom. The summed E-state index contributed by atoms with van der Waals surface area (Å²) in [6.07, 6.45) is -3.47. The van der Waals surface area contributed by atoms with Crippen LogP contribution in [0.15, 0.2) is 59.5 Å². The summed E-state index contributed by atoms with van der Waals surface area (Å²) in [4.78, 5) is 26.4. The molecule has 6 nitrogen and oxygen atoms in total. The first-order valence-electron chi connectivity index (χ1n) is 8.40. The van der Waals surface area contributed by atoms with Crippen molar-refractivity contribution >= 4 is 11.6 Å². The van der Waals surface area contributed by atoms with Gasteiger partial charge in [-0.15, -0.1) is 0 Å². The minimum atomic E-state index is -4.73. The molecule has 0 radical (unpaired) electrons. The highest BCUT2D eigenvalue weighted by Crippen LogP contribution is 2.38. The van der Waals surface area contributed by atoms with Crippen LogP contribution in [0.3, 0.4) is 0 Å². The van der Waals surface area contributed by atoms with E-state index in [9.17, 15) is 27.2 Å². The lowest BCUT2D eigenvalue weighted by Crippen LogP contribution is -2.17. The first kappa shape index (κ1) is 20.9. The normalized spacial score (nSPS) is 11.1. The number of nitrogens with one attached hydrogen (secondary N) is 2. The fourth-order valence-corrected chi connectivity index (χ4v) is 2.55. The quantitative estimate of drug-likeness (QED) is 0.590. The van der Waals surface area contributed by atoms with Gasteiger partial charge in [0.1, 0.15) is 5.75 Å². The molecule has 3 rings (SSSR count). The van der Waals surface area contributed by atoms with Gasteiger partial charge in [-0.25, -0.2) is 4.39 Å². The summed E-state index contributed by atoms with van der Waals surface area (Å²) in [6, 6.07) is 8.38. The number of hydrogen-bond acceptors (Lipinski definition) is 4. The van der Waals surface area contributed by atoms with Crippen molar-refractivity contribution in [2.75, 3.05) is 12.4 Å². The molecular formula is C20H14F4N2O4. The van der Waals surface area contributed by atoms with E-state index >= 15 is 0 Å². The minimum absolute atomic E-state index is 0.0177. The number of pyridine rings is 1. The molecule has 1 aromatic heterocycles. The van der Waals surface area contributed by atoms with E-state index < -0.39 is 40.3 Å². The Labute approximate surface area is 167 Å². The third kappa shape index (κ3) is 4.59. The fourth-order valence-electron chi connectivity index (χ4n) is 2.55. The summed E-state index contributed by atoms with van der Waals surface area (Å²) in [5.41, 5.74) is -2.10. The maximum atomic E-state index is 14.2. The molecule has 0 aliphatic heterocycles. The second kappa shape index (κ2) is 8.27. The average molecular weight is 422 g/mol. The van der Waals surface area contributed by atoms with Gasteiger partial charge in [-0.2, -0.15) is 13.2 Å². The van der Waals surface area contributed by atoms with Crippen LogP contribution in [0.2, 0.25) is 0 Å². The van der Waals surface area contributed by atoms with Crippen LogP contribution in [0.4, 0.5) is 23.2 Å². The van der Waals surface area contributed by atoms with E-state index in [-0.39, 0.29) is 17.2 Å². The molecule has 0 aliphatic carbocycles. The number of methoxy groups -OCH3 is 1. The van der Waals surface area contributed by atoms with Crippen LogP contribution in [-0.2, 0) is 6.18 Å². The molecule has 0 fully saturated rings. The summed E-state index contributed by atoms with van der Waals surface area (Å²) >= 11 is 0. The number of amides is 1. The molecular weight excluding hydrogens is 408 g/mol. The molecule has 0 unspecified atom stereocenters. The number of benzene rings is 2. The van der Waals surface area contributed by atoms with Crippen molar-refractivity contribution < 1.29 is 31.8 Å². The minimum Gasteiger partial charge on any atom is -0.493 e. The molecule has 0 atom stereocenters. The number of hydrogen-bond donors (Lipinski definition) is 2. The van der Waals surface area contributed by atoms with Crippen LogP contribution in [0, 0.1) is 5.82 Å². The van der Waals surface area contributed by atoms with Crippen molar-refractivity contribution in [1.82, 2.24) is 4.98 Å². The molecule has 0 saturated carbocycles. The second-order valence-corrected chi connectivity index (χ2v) is 5.98. The van der Waals surface area contributed by atoms with Gasteiger partial charge in [-0.3, -0.25) is 9.59 Å². The second-order valence-electron chi connectivity index (χ2n) is 5.98. The van der Waals surface area contributed by atoms with E-state index in [0.717, 1.165) is 18.2 Å². The molecule has 0 bridgehead atoms. The Balaban J connectivity index is 2.05. The van der Waals surface area contributed by atoms with Crippen molar-refractivity contribution in [3.05, 3.63) is 82.0 Å². The fraction of sp³-hybridized carbons (Fsp3) is 0.100. The monoisotopic (exact) mass is 422 g/mol. The number of carbonyl (C=O) groups is 1. The van der Waals surface area contributed by atoms with Crippen LogP contribution in [0.25, 0.3) is 0 Å². The molecule has 156 valence electrons. The van der Waals surface area contributed by atoms with E-state index in [0.29, 0.717) is 12.1 Å². The van der Waals surface area contributed by atoms with Gasteiger partial charge in [-0.05, 0) is 36.4 Å². The average Bonchev–Trinajstić information content (AvgIpc) is 2.68. The van der Waals surface area contributed by atoms with Gasteiger partial charge in [0.05, 0.1) is 18.2 Å². The number of halogens is 4. The number of carbonyl (C=O) groups excluding carboxylic acids is 1. The van der Waals surface area contributed by atoms with E-state index in [2.05, 4.69) is 10.3 Å².